The number of hydrogen-bond acceptors (Lipinski definition) is 3. The van der Waals surface area contributed by atoms with E-state index in [9.17, 15) is 8.42 Å². The van der Waals surface area contributed by atoms with Gasteiger partial charge >= 0.3 is 0 Å². The van der Waals surface area contributed by atoms with E-state index in [1.165, 1.54) is 0 Å². The van der Waals surface area contributed by atoms with Crippen LogP contribution in [0.2, 0.25) is 0 Å². The first kappa shape index (κ1) is 15.3. The van der Waals surface area contributed by atoms with Crippen LogP contribution in [0.4, 0.5) is 0 Å². The molecule has 0 unspecified atom stereocenters. The Labute approximate surface area is 121 Å². The van der Waals surface area contributed by atoms with Crippen molar-refractivity contribution in [3.8, 4) is 5.75 Å². The molecule has 0 saturated carbocycles. The Morgan fingerprint density at radius 1 is 1.30 bits per heavy atom. The maximum Gasteiger partial charge on any atom is 0.243 e. The molecule has 4 nitrogen and oxygen atoms in total. The van der Waals surface area contributed by atoms with Gasteiger partial charge in [-0.05, 0) is 56.4 Å². The molecule has 1 aromatic carbocycles. The summed E-state index contributed by atoms with van der Waals surface area (Å²) >= 11 is 0. The molecule has 1 heterocycles. The highest BCUT2D eigenvalue weighted by atomic mass is 32.2. The summed E-state index contributed by atoms with van der Waals surface area (Å²) in [5, 5.41) is 0. The van der Waals surface area contributed by atoms with Crippen molar-refractivity contribution in [1.82, 2.24) is 4.31 Å². The summed E-state index contributed by atoms with van der Waals surface area (Å²) in [5.74, 6) is 1.36. The Hall–Kier alpha value is -1.07. The van der Waals surface area contributed by atoms with Gasteiger partial charge in [0.15, 0.2) is 0 Å². The average molecular weight is 297 g/mol. The topological polar surface area (TPSA) is 46.6 Å². The molecule has 112 valence electrons. The molecule has 0 spiro atoms. The fraction of sp³-hybridized carbons (Fsp3) is 0.600. The Balaban J connectivity index is 2.23. The van der Waals surface area contributed by atoms with Crippen LogP contribution in [-0.4, -0.2) is 32.4 Å². The van der Waals surface area contributed by atoms with E-state index in [0.717, 1.165) is 24.2 Å². The van der Waals surface area contributed by atoms with Gasteiger partial charge in [0, 0.05) is 13.1 Å². The molecule has 1 aliphatic rings. The lowest BCUT2D eigenvalue weighted by atomic mass is 10.0. The maximum absolute atomic E-state index is 12.6. The van der Waals surface area contributed by atoms with Crippen LogP contribution in [0.25, 0.3) is 0 Å². The Kier molecular flexibility index (Phi) is 4.70. The first-order valence-corrected chi connectivity index (χ1v) is 8.62. The van der Waals surface area contributed by atoms with Crippen LogP contribution < -0.4 is 4.74 Å². The predicted octanol–water partition coefficient (Wildman–Crippen LogP) is 2.81. The molecule has 0 amide bonds. The molecule has 1 fully saturated rings. The predicted molar refractivity (Wildman–Crippen MR) is 79.5 cm³/mol. The fourth-order valence-corrected chi connectivity index (χ4v) is 4.03. The smallest absolute Gasteiger partial charge is 0.243 e. The molecular weight excluding hydrogens is 274 g/mol. The highest BCUT2D eigenvalue weighted by Gasteiger charge is 2.28. The second-order valence-electron chi connectivity index (χ2n) is 5.45. The number of rotatable bonds is 4. The van der Waals surface area contributed by atoms with Crippen molar-refractivity contribution in [3.05, 3.63) is 23.8 Å². The maximum atomic E-state index is 12.6. The molecule has 20 heavy (non-hydrogen) atoms. The minimum Gasteiger partial charge on any atom is -0.494 e. The lowest BCUT2D eigenvalue weighted by Gasteiger charge is -2.29. The van der Waals surface area contributed by atoms with Gasteiger partial charge in [0.2, 0.25) is 10.0 Å². The van der Waals surface area contributed by atoms with E-state index in [4.69, 9.17) is 4.74 Å². The summed E-state index contributed by atoms with van der Waals surface area (Å²) in [6.07, 6.45) is 1.88. The van der Waals surface area contributed by atoms with Crippen LogP contribution in [0, 0.1) is 12.8 Å². The standard InChI is InChI=1S/C15H23NO3S/c1-4-19-15-6-5-14(11-13(15)3)20(17,18)16-9-7-12(2)8-10-16/h5-6,11-12H,4,7-10H2,1-3H3. The van der Waals surface area contributed by atoms with Crippen molar-refractivity contribution in [2.75, 3.05) is 19.7 Å². The summed E-state index contributed by atoms with van der Waals surface area (Å²) < 4.78 is 32.3. The monoisotopic (exact) mass is 297 g/mol. The van der Waals surface area contributed by atoms with Crippen LogP contribution in [-0.2, 0) is 10.0 Å². The number of nitrogens with zero attached hydrogens (tertiary/aromatic N) is 1. The quantitative estimate of drug-likeness (QED) is 0.858. The van der Waals surface area contributed by atoms with E-state index >= 15 is 0 Å². The molecule has 1 aliphatic heterocycles. The van der Waals surface area contributed by atoms with Crippen molar-refractivity contribution in [1.29, 1.82) is 0 Å². The molecule has 0 N–H and O–H groups in total. The molecule has 1 aromatic rings. The SMILES string of the molecule is CCOc1ccc(S(=O)(=O)N2CCC(C)CC2)cc1C. The highest BCUT2D eigenvalue weighted by Crippen LogP contribution is 2.27. The summed E-state index contributed by atoms with van der Waals surface area (Å²) in [5.41, 5.74) is 0.860. The Morgan fingerprint density at radius 2 is 1.95 bits per heavy atom. The van der Waals surface area contributed by atoms with Gasteiger partial charge in [0.05, 0.1) is 11.5 Å². The van der Waals surface area contributed by atoms with Gasteiger partial charge in [-0.25, -0.2) is 8.42 Å². The zero-order chi connectivity index (χ0) is 14.8. The zero-order valence-electron chi connectivity index (χ0n) is 12.4. The van der Waals surface area contributed by atoms with Crippen molar-refractivity contribution >= 4 is 10.0 Å². The molecule has 5 heteroatoms. The first-order valence-electron chi connectivity index (χ1n) is 7.18. The van der Waals surface area contributed by atoms with E-state index in [0.29, 0.717) is 30.5 Å². The van der Waals surface area contributed by atoms with Crippen LogP contribution in [0.3, 0.4) is 0 Å². The van der Waals surface area contributed by atoms with Crippen molar-refractivity contribution in [2.24, 2.45) is 5.92 Å². The van der Waals surface area contributed by atoms with Gasteiger partial charge in [-0.1, -0.05) is 6.92 Å². The fourth-order valence-electron chi connectivity index (χ4n) is 2.47. The van der Waals surface area contributed by atoms with Crippen molar-refractivity contribution in [3.63, 3.8) is 0 Å². The summed E-state index contributed by atoms with van der Waals surface area (Å²) in [4.78, 5) is 0.369. The third-order valence-corrected chi connectivity index (χ3v) is 5.72. The largest absolute Gasteiger partial charge is 0.494 e. The van der Waals surface area contributed by atoms with Gasteiger partial charge in [-0.3, -0.25) is 0 Å². The molecule has 0 radical (unpaired) electrons. The molecule has 2 rings (SSSR count). The minimum atomic E-state index is -3.36. The minimum absolute atomic E-state index is 0.369. The van der Waals surface area contributed by atoms with Crippen molar-refractivity contribution in [2.45, 2.75) is 38.5 Å². The lowest BCUT2D eigenvalue weighted by molar-refractivity contribution is 0.288. The lowest BCUT2D eigenvalue weighted by Crippen LogP contribution is -2.37. The second kappa shape index (κ2) is 6.14. The van der Waals surface area contributed by atoms with E-state index < -0.39 is 10.0 Å². The number of ether oxygens (including phenoxy) is 1. The van der Waals surface area contributed by atoms with Gasteiger partial charge in [0.1, 0.15) is 5.75 Å². The Morgan fingerprint density at radius 3 is 2.50 bits per heavy atom. The zero-order valence-corrected chi connectivity index (χ0v) is 13.2. The number of aryl methyl sites for hydroxylation is 1. The van der Waals surface area contributed by atoms with E-state index in [-0.39, 0.29) is 0 Å². The number of benzene rings is 1. The van der Waals surface area contributed by atoms with E-state index in [1.54, 1.807) is 22.5 Å². The van der Waals surface area contributed by atoms with Crippen LogP contribution >= 0.6 is 0 Å². The Bertz CT molecular complexity index is 560. The third kappa shape index (κ3) is 3.15. The number of sulfonamides is 1. The summed E-state index contributed by atoms with van der Waals surface area (Å²) in [6.45, 7) is 7.79. The van der Waals surface area contributed by atoms with E-state index in [1.807, 2.05) is 13.8 Å². The van der Waals surface area contributed by atoms with E-state index in [2.05, 4.69) is 6.92 Å². The highest BCUT2D eigenvalue weighted by molar-refractivity contribution is 7.89. The summed E-state index contributed by atoms with van der Waals surface area (Å²) in [6, 6.07) is 5.10. The van der Waals surface area contributed by atoms with Gasteiger partial charge in [-0.15, -0.1) is 0 Å². The van der Waals surface area contributed by atoms with Gasteiger partial charge in [0.25, 0.3) is 0 Å². The second-order valence-corrected chi connectivity index (χ2v) is 7.38. The molecule has 0 atom stereocenters. The molecule has 0 bridgehead atoms. The van der Waals surface area contributed by atoms with Crippen LogP contribution in [0.1, 0.15) is 32.3 Å². The van der Waals surface area contributed by atoms with Crippen LogP contribution in [0.15, 0.2) is 23.1 Å². The number of hydrogen-bond donors (Lipinski definition) is 0. The van der Waals surface area contributed by atoms with Crippen LogP contribution in [0.5, 0.6) is 5.75 Å². The van der Waals surface area contributed by atoms with Gasteiger partial charge in [-0.2, -0.15) is 4.31 Å². The van der Waals surface area contributed by atoms with Crippen molar-refractivity contribution < 1.29 is 13.2 Å². The average Bonchev–Trinajstić information content (AvgIpc) is 2.41. The number of piperidine rings is 1. The molecule has 1 saturated heterocycles. The van der Waals surface area contributed by atoms with Gasteiger partial charge < -0.3 is 4.74 Å². The molecular formula is C15H23NO3S. The molecule has 0 aromatic heterocycles. The third-order valence-electron chi connectivity index (χ3n) is 3.83. The summed E-state index contributed by atoms with van der Waals surface area (Å²) in [7, 11) is -3.36. The first-order chi connectivity index (χ1) is 9.45. The normalized spacial score (nSPS) is 18.1. The molecule has 0 aliphatic carbocycles.